The normalized spacial score (nSPS) is 25.3. The Morgan fingerprint density at radius 3 is 2.56 bits per heavy atom. The average molecular weight is 273 g/mol. The van der Waals surface area contributed by atoms with Gasteiger partial charge in [-0.1, -0.05) is 0 Å². The molecule has 0 aliphatic carbocycles. The average Bonchev–Trinajstić information content (AvgIpc) is 2.70. The molecule has 4 N–H and O–H groups in total. The second-order valence-corrected chi connectivity index (χ2v) is 6.41. The van der Waals surface area contributed by atoms with E-state index in [2.05, 4.69) is 15.4 Å². The Balaban J connectivity index is 2.25. The van der Waals surface area contributed by atoms with E-state index in [9.17, 15) is 13.5 Å². The van der Waals surface area contributed by atoms with Crippen LogP contribution in [0.3, 0.4) is 0 Å². The van der Waals surface area contributed by atoms with Crippen molar-refractivity contribution >= 4 is 16.0 Å². The lowest BCUT2D eigenvalue weighted by Gasteiger charge is -2.18. The number of rotatable bonds is 3. The largest absolute Gasteiger partial charge is 0.389 e. The fraction of sp³-hybridized carbons (Fsp3) is 0.556. The summed E-state index contributed by atoms with van der Waals surface area (Å²) in [5.74, 6) is 5.24. The van der Waals surface area contributed by atoms with Crippen molar-refractivity contribution in [2.45, 2.75) is 23.8 Å². The minimum Gasteiger partial charge on any atom is -0.389 e. The van der Waals surface area contributed by atoms with E-state index in [1.165, 1.54) is 16.7 Å². The Bertz CT molecular complexity index is 528. The monoisotopic (exact) mass is 273 g/mol. The maximum Gasteiger partial charge on any atom is 0.246 e. The molecule has 1 aliphatic heterocycles. The first-order valence-corrected chi connectivity index (χ1v) is 6.80. The first-order chi connectivity index (χ1) is 8.35. The molecule has 2 heterocycles. The number of nitrogens with two attached hydrogens (primary N) is 1. The molecule has 0 bridgehead atoms. The molecule has 1 aromatic heterocycles. The Morgan fingerprint density at radius 2 is 2.11 bits per heavy atom. The van der Waals surface area contributed by atoms with Gasteiger partial charge in [-0.3, -0.25) is 5.43 Å². The fourth-order valence-corrected chi connectivity index (χ4v) is 3.23. The van der Waals surface area contributed by atoms with Crippen LogP contribution in [0.25, 0.3) is 0 Å². The number of nitrogens with one attached hydrogen (secondary N) is 1. The molecule has 2 rings (SSSR count). The highest BCUT2D eigenvalue weighted by molar-refractivity contribution is 7.89. The minimum absolute atomic E-state index is 0.0146. The predicted octanol–water partition coefficient (Wildman–Crippen LogP) is -1.09. The molecule has 0 saturated carbocycles. The molecule has 1 aromatic rings. The molecule has 1 fully saturated rings. The second kappa shape index (κ2) is 4.43. The second-order valence-electron chi connectivity index (χ2n) is 4.47. The fourth-order valence-electron chi connectivity index (χ4n) is 1.78. The highest BCUT2D eigenvalue weighted by Crippen LogP contribution is 2.26. The summed E-state index contributed by atoms with van der Waals surface area (Å²) in [6, 6.07) is 0. The SMILES string of the molecule is CC1(O)CCN(S(=O)(=O)c2cnc(NN)nc2)C1. The molecule has 1 aliphatic rings. The van der Waals surface area contributed by atoms with Gasteiger partial charge in [-0.15, -0.1) is 0 Å². The summed E-state index contributed by atoms with van der Waals surface area (Å²) < 4.78 is 25.6. The number of anilines is 1. The zero-order valence-electron chi connectivity index (χ0n) is 9.87. The van der Waals surface area contributed by atoms with E-state index in [0.29, 0.717) is 6.42 Å². The Labute approximate surface area is 105 Å². The predicted molar refractivity (Wildman–Crippen MR) is 63.8 cm³/mol. The van der Waals surface area contributed by atoms with Crippen molar-refractivity contribution < 1.29 is 13.5 Å². The summed E-state index contributed by atoms with van der Waals surface area (Å²) in [7, 11) is -3.65. The van der Waals surface area contributed by atoms with Crippen LogP contribution < -0.4 is 11.3 Å². The maximum absolute atomic E-state index is 12.2. The van der Waals surface area contributed by atoms with Gasteiger partial charge in [-0.25, -0.2) is 24.2 Å². The molecule has 18 heavy (non-hydrogen) atoms. The van der Waals surface area contributed by atoms with Crippen LogP contribution in [-0.4, -0.2) is 46.5 Å². The number of nitrogen functional groups attached to an aromatic ring is 1. The Kier molecular flexibility index (Phi) is 3.23. The van der Waals surface area contributed by atoms with Gasteiger partial charge in [0, 0.05) is 13.1 Å². The number of β-amino-alcohol motifs (C(OH)–C–C–N with tert-alkyl or cyclic N) is 1. The molecule has 1 unspecified atom stereocenters. The topological polar surface area (TPSA) is 121 Å². The van der Waals surface area contributed by atoms with Gasteiger partial charge in [0.15, 0.2) is 0 Å². The molecule has 8 nitrogen and oxygen atoms in total. The maximum atomic E-state index is 12.2. The van der Waals surface area contributed by atoms with Crippen LogP contribution in [0, 0.1) is 0 Å². The standard InChI is InChI=1S/C9H15N5O3S/c1-9(15)2-3-14(6-9)18(16,17)7-4-11-8(13-10)12-5-7/h4-5,15H,2-3,6,10H2,1H3,(H,11,12,13). The van der Waals surface area contributed by atoms with Crippen LogP contribution in [-0.2, 0) is 10.0 Å². The van der Waals surface area contributed by atoms with E-state index in [0.717, 1.165) is 0 Å². The molecule has 0 aromatic carbocycles. The van der Waals surface area contributed by atoms with E-state index in [4.69, 9.17) is 5.84 Å². The summed E-state index contributed by atoms with van der Waals surface area (Å²) in [4.78, 5) is 7.50. The number of hydrogen-bond donors (Lipinski definition) is 3. The lowest BCUT2D eigenvalue weighted by atomic mass is 10.1. The quantitative estimate of drug-likeness (QED) is 0.472. The smallest absolute Gasteiger partial charge is 0.246 e. The molecule has 9 heteroatoms. The first-order valence-electron chi connectivity index (χ1n) is 5.36. The van der Waals surface area contributed by atoms with E-state index >= 15 is 0 Å². The Morgan fingerprint density at radius 1 is 1.50 bits per heavy atom. The number of aromatic nitrogens is 2. The van der Waals surface area contributed by atoms with Crippen molar-refractivity contribution in [3.05, 3.63) is 12.4 Å². The van der Waals surface area contributed by atoms with Gasteiger partial charge in [-0.05, 0) is 13.3 Å². The number of hydrogen-bond acceptors (Lipinski definition) is 7. The van der Waals surface area contributed by atoms with Crippen molar-refractivity contribution in [3.63, 3.8) is 0 Å². The van der Waals surface area contributed by atoms with Gasteiger partial charge in [0.2, 0.25) is 16.0 Å². The van der Waals surface area contributed by atoms with Crippen molar-refractivity contribution in [1.82, 2.24) is 14.3 Å². The third-order valence-electron chi connectivity index (χ3n) is 2.81. The highest BCUT2D eigenvalue weighted by Gasteiger charge is 2.38. The van der Waals surface area contributed by atoms with Crippen LogP contribution >= 0.6 is 0 Å². The molecule has 0 spiro atoms. The van der Waals surface area contributed by atoms with Crippen LogP contribution in [0.4, 0.5) is 5.95 Å². The molecule has 0 radical (unpaired) electrons. The van der Waals surface area contributed by atoms with E-state index < -0.39 is 15.6 Å². The lowest BCUT2D eigenvalue weighted by Crippen LogP contribution is -2.34. The number of nitrogens with zero attached hydrogens (tertiary/aromatic N) is 3. The third-order valence-corrected chi connectivity index (χ3v) is 4.61. The summed E-state index contributed by atoms with van der Waals surface area (Å²) in [6.45, 7) is 1.97. The molecular formula is C9H15N5O3S. The van der Waals surface area contributed by atoms with Gasteiger partial charge in [0.05, 0.1) is 18.0 Å². The number of aliphatic hydroxyl groups is 1. The zero-order valence-corrected chi connectivity index (χ0v) is 10.7. The molecule has 100 valence electrons. The van der Waals surface area contributed by atoms with Crippen LogP contribution in [0.15, 0.2) is 17.3 Å². The van der Waals surface area contributed by atoms with Crippen LogP contribution in [0.1, 0.15) is 13.3 Å². The van der Waals surface area contributed by atoms with Crippen molar-refractivity contribution in [1.29, 1.82) is 0 Å². The van der Waals surface area contributed by atoms with Gasteiger partial charge in [0.1, 0.15) is 4.90 Å². The van der Waals surface area contributed by atoms with Gasteiger partial charge in [-0.2, -0.15) is 4.31 Å². The Hall–Kier alpha value is -1.29. The molecule has 1 saturated heterocycles. The lowest BCUT2D eigenvalue weighted by molar-refractivity contribution is 0.0762. The summed E-state index contributed by atoms with van der Waals surface area (Å²) in [5, 5.41) is 9.79. The minimum atomic E-state index is -3.65. The zero-order chi connectivity index (χ0) is 13.4. The highest BCUT2D eigenvalue weighted by atomic mass is 32.2. The third kappa shape index (κ3) is 2.43. The molecule has 0 amide bonds. The van der Waals surface area contributed by atoms with Crippen molar-refractivity contribution in [3.8, 4) is 0 Å². The van der Waals surface area contributed by atoms with E-state index in [1.807, 2.05) is 0 Å². The van der Waals surface area contributed by atoms with Gasteiger partial charge in [0.25, 0.3) is 0 Å². The van der Waals surface area contributed by atoms with Gasteiger partial charge >= 0.3 is 0 Å². The molecular weight excluding hydrogens is 258 g/mol. The first kappa shape index (κ1) is 13.1. The van der Waals surface area contributed by atoms with Crippen LogP contribution in [0.5, 0.6) is 0 Å². The van der Waals surface area contributed by atoms with E-state index in [1.54, 1.807) is 6.92 Å². The number of hydrazine groups is 1. The van der Waals surface area contributed by atoms with Crippen LogP contribution in [0.2, 0.25) is 0 Å². The van der Waals surface area contributed by atoms with Crippen molar-refractivity contribution in [2.75, 3.05) is 18.5 Å². The summed E-state index contributed by atoms with van der Waals surface area (Å²) in [5.41, 5.74) is 1.24. The van der Waals surface area contributed by atoms with Gasteiger partial charge < -0.3 is 5.11 Å². The van der Waals surface area contributed by atoms with E-state index in [-0.39, 0.29) is 23.9 Å². The molecule has 1 atom stereocenters. The summed E-state index contributed by atoms with van der Waals surface area (Å²) in [6.07, 6.45) is 2.78. The number of sulfonamides is 1. The summed E-state index contributed by atoms with van der Waals surface area (Å²) >= 11 is 0. The van der Waals surface area contributed by atoms with Crippen molar-refractivity contribution in [2.24, 2.45) is 5.84 Å².